The monoisotopic (exact) mass is 267 g/mol. The van der Waals surface area contributed by atoms with Crippen molar-refractivity contribution in [3.05, 3.63) is 0 Å². The van der Waals surface area contributed by atoms with Crippen LogP contribution in [0.3, 0.4) is 0 Å². The summed E-state index contributed by atoms with van der Waals surface area (Å²) in [6.07, 6.45) is 0.755. The maximum Gasteiger partial charge on any atom is 0.220 e. The molecule has 0 unspecified atom stereocenters. The molecule has 0 aliphatic carbocycles. The highest BCUT2D eigenvalue weighted by Crippen LogP contribution is 2.36. The average Bonchev–Trinajstić information content (AvgIpc) is 2.28. The van der Waals surface area contributed by atoms with Crippen LogP contribution in [0.2, 0.25) is 0 Å². The number of hydrogen-bond donors (Lipinski definition) is 2. The summed E-state index contributed by atoms with van der Waals surface area (Å²) in [6, 6.07) is 0. The zero-order chi connectivity index (χ0) is 14.1. The van der Waals surface area contributed by atoms with Gasteiger partial charge in [-0.3, -0.25) is 14.6 Å². The van der Waals surface area contributed by atoms with Crippen molar-refractivity contribution >= 4 is 11.8 Å². The Morgan fingerprint density at radius 3 is 1.89 bits per heavy atom. The molecular weight excluding hydrogens is 244 g/mol. The molecule has 4 heterocycles. The molecule has 0 radical (unpaired) electrons. The van der Waals surface area contributed by atoms with Crippen molar-refractivity contribution in [1.29, 1.82) is 0 Å². The zero-order valence-electron chi connectivity index (χ0n) is 12.0. The van der Waals surface area contributed by atoms with Crippen molar-refractivity contribution in [3.63, 3.8) is 0 Å². The molecule has 4 rings (SSSR count). The Bertz CT molecular complexity index is 420. The van der Waals surface area contributed by atoms with Gasteiger partial charge in [-0.05, 0) is 20.3 Å². The first-order chi connectivity index (χ1) is 8.70. The highest BCUT2D eigenvalue weighted by atomic mass is 16.4. The van der Waals surface area contributed by atoms with E-state index < -0.39 is 5.97 Å². The van der Waals surface area contributed by atoms with Crippen LogP contribution in [0.4, 0.5) is 0 Å². The molecule has 0 aromatic heterocycles. The van der Waals surface area contributed by atoms with E-state index in [4.69, 9.17) is 0 Å². The fourth-order valence-electron chi connectivity index (χ4n) is 4.92. The van der Waals surface area contributed by atoms with Crippen LogP contribution >= 0.6 is 0 Å². The molecule has 2 N–H and O–H groups in total. The van der Waals surface area contributed by atoms with Crippen LogP contribution in [0.5, 0.6) is 0 Å². The number of Topliss-reactive ketones (excluding diaryl/α,β-unsaturated/α-hetero) is 1. The van der Waals surface area contributed by atoms with Crippen LogP contribution in [-0.4, -0.2) is 43.6 Å². The van der Waals surface area contributed by atoms with Crippen LogP contribution in [0, 0.1) is 10.8 Å². The van der Waals surface area contributed by atoms with Gasteiger partial charge in [0.1, 0.15) is 10.8 Å². The van der Waals surface area contributed by atoms with E-state index in [2.05, 4.69) is 20.8 Å². The minimum atomic E-state index is -0.968. The lowest BCUT2D eigenvalue weighted by molar-refractivity contribution is -1.20. The summed E-state index contributed by atoms with van der Waals surface area (Å²) in [6.45, 7) is 9.77. The number of quaternary nitrogens is 2. The molecule has 4 bridgehead atoms. The van der Waals surface area contributed by atoms with Crippen molar-refractivity contribution in [2.45, 2.75) is 39.3 Å². The van der Waals surface area contributed by atoms with E-state index in [1.807, 2.05) is 0 Å². The largest absolute Gasteiger partial charge is 0.550 e. The van der Waals surface area contributed by atoms with Crippen molar-refractivity contribution in [2.24, 2.45) is 10.8 Å². The lowest BCUT2D eigenvalue weighted by Gasteiger charge is -2.63. The SMILES string of the molecule is CC12C[NH+]3CC(C)(C[NH+](C1)C3(C)CCC(=O)[O-])C2=O. The summed E-state index contributed by atoms with van der Waals surface area (Å²) >= 11 is 0. The molecule has 0 amide bonds. The summed E-state index contributed by atoms with van der Waals surface area (Å²) in [5.41, 5.74) is -0.492. The number of rotatable bonds is 3. The molecule has 5 heteroatoms. The second kappa shape index (κ2) is 3.58. The molecule has 0 saturated carbocycles. The molecule has 0 atom stereocenters. The molecule has 4 aliphatic rings. The molecular formula is C14H23N2O3+. The molecule has 5 nitrogen and oxygen atoms in total. The van der Waals surface area contributed by atoms with Gasteiger partial charge in [-0.25, -0.2) is 0 Å². The maximum absolute atomic E-state index is 12.6. The van der Waals surface area contributed by atoms with E-state index in [0.29, 0.717) is 12.2 Å². The number of carboxylic acid groups (broad SMARTS) is 1. The first-order valence-electron chi connectivity index (χ1n) is 7.15. The Balaban J connectivity index is 1.90. The van der Waals surface area contributed by atoms with E-state index >= 15 is 0 Å². The maximum atomic E-state index is 12.6. The Labute approximate surface area is 113 Å². The Hall–Kier alpha value is -0.940. The van der Waals surface area contributed by atoms with Gasteiger partial charge in [-0.2, -0.15) is 0 Å². The smallest absolute Gasteiger partial charge is 0.220 e. The number of hydrogen-bond acceptors (Lipinski definition) is 3. The van der Waals surface area contributed by atoms with Gasteiger partial charge >= 0.3 is 0 Å². The summed E-state index contributed by atoms with van der Waals surface area (Å²) in [4.78, 5) is 26.2. The van der Waals surface area contributed by atoms with Gasteiger partial charge in [0.05, 0.1) is 32.6 Å². The van der Waals surface area contributed by atoms with E-state index in [0.717, 1.165) is 26.2 Å². The first kappa shape index (κ1) is 13.1. The minimum absolute atomic E-state index is 0.0697. The van der Waals surface area contributed by atoms with Crippen molar-refractivity contribution < 1.29 is 24.5 Å². The molecule has 106 valence electrons. The van der Waals surface area contributed by atoms with Gasteiger partial charge in [0.2, 0.25) is 5.66 Å². The molecule has 4 fully saturated rings. The zero-order valence-corrected chi connectivity index (χ0v) is 12.0. The van der Waals surface area contributed by atoms with Crippen LogP contribution in [0.1, 0.15) is 33.6 Å². The molecule has 4 aliphatic heterocycles. The molecule has 0 spiro atoms. The third kappa shape index (κ3) is 1.61. The van der Waals surface area contributed by atoms with Gasteiger partial charge in [-0.1, -0.05) is 0 Å². The lowest BCUT2D eigenvalue weighted by atomic mass is 9.60. The predicted molar refractivity (Wildman–Crippen MR) is 65.3 cm³/mol. The molecule has 0 aromatic rings. The van der Waals surface area contributed by atoms with E-state index in [-0.39, 0.29) is 22.9 Å². The van der Waals surface area contributed by atoms with Crippen LogP contribution < -0.4 is 14.9 Å². The normalized spacial score (nSPS) is 51.6. The first-order valence-corrected chi connectivity index (χ1v) is 7.15. The van der Waals surface area contributed by atoms with Crippen molar-refractivity contribution in [3.8, 4) is 0 Å². The fraction of sp³-hybridized carbons (Fsp3) is 0.857. The Morgan fingerprint density at radius 2 is 1.53 bits per heavy atom. The van der Waals surface area contributed by atoms with E-state index in [9.17, 15) is 14.7 Å². The van der Waals surface area contributed by atoms with Crippen LogP contribution in [0.15, 0.2) is 0 Å². The van der Waals surface area contributed by atoms with Gasteiger partial charge in [0.15, 0.2) is 5.78 Å². The number of carbonyl (C=O) groups excluding carboxylic acids is 2. The number of aliphatic carboxylic acids is 1. The lowest BCUT2D eigenvalue weighted by Crippen LogP contribution is -3.49. The molecule has 0 aromatic carbocycles. The quantitative estimate of drug-likeness (QED) is 0.561. The van der Waals surface area contributed by atoms with Crippen molar-refractivity contribution in [2.75, 3.05) is 26.2 Å². The van der Waals surface area contributed by atoms with Gasteiger partial charge in [0, 0.05) is 12.9 Å². The van der Waals surface area contributed by atoms with Gasteiger partial charge in [0.25, 0.3) is 0 Å². The minimum Gasteiger partial charge on any atom is -0.550 e. The van der Waals surface area contributed by atoms with Crippen LogP contribution in [0.25, 0.3) is 0 Å². The summed E-state index contributed by atoms with van der Waals surface area (Å²) in [5, 5.41) is 10.8. The standard InChI is InChI=1S/C14H22N2O3/c1-12-6-15-8-13(2,11(12)19)9-16(7-12)14(15,3)5-4-10(17)18/h4-9H2,1-3H3,(H,17,18)/p+1. The van der Waals surface area contributed by atoms with Crippen LogP contribution in [-0.2, 0) is 9.59 Å². The predicted octanol–water partition coefficient (Wildman–Crippen LogP) is -3.37. The Kier molecular flexibility index (Phi) is 2.46. The van der Waals surface area contributed by atoms with Gasteiger partial charge < -0.3 is 9.90 Å². The van der Waals surface area contributed by atoms with Gasteiger partial charge in [-0.15, -0.1) is 0 Å². The second-order valence-electron chi connectivity index (χ2n) is 7.57. The van der Waals surface area contributed by atoms with Crippen molar-refractivity contribution in [1.82, 2.24) is 0 Å². The van der Waals surface area contributed by atoms with E-state index in [1.54, 1.807) is 0 Å². The fourth-order valence-corrected chi connectivity index (χ4v) is 4.92. The summed E-state index contributed by atoms with van der Waals surface area (Å²) in [7, 11) is 0. The second-order valence-corrected chi connectivity index (χ2v) is 7.57. The topological polar surface area (TPSA) is 66.1 Å². The number of carbonyl (C=O) groups is 2. The van der Waals surface area contributed by atoms with E-state index in [1.165, 1.54) is 9.80 Å². The number of ketones is 1. The number of piperidine rings is 2. The third-order valence-corrected chi connectivity index (χ3v) is 5.90. The highest BCUT2D eigenvalue weighted by molar-refractivity contribution is 5.91. The summed E-state index contributed by atoms with van der Waals surface area (Å²) < 4.78 is 0. The number of carboxylic acids is 1. The highest BCUT2D eigenvalue weighted by Gasteiger charge is 2.71. The molecule has 19 heavy (non-hydrogen) atoms. The number of nitrogens with one attached hydrogen (secondary N) is 2. The average molecular weight is 267 g/mol. The summed E-state index contributed by atoms with van der Waals surface area (Å²) in [5.74, 6) is -0.542. The Morgan fingerprint density at radius 1 is 1.11 bits per heavy atom. The molecule has 4 saturated heterocycles. The third-order valence-electron chi connectivity index (χ3n) is 5.90.